The molecule has 3 aromatic rings. The lowest BCUT2D eigenvalue weighted by Crippen LogP contribution is -2.31. The molecule has 2 N–H and O–H groups in total. The topological polar surface area (TPSA) is 97.9 Å². The van der Waals surface area contributed by atoms with Crippen LogP contribution in [-0.4, -0.2) is 32.5 Å². The summed E-state index contributed by atoms with van der Waals surface area (Å²) in [5.41, 5.74) is 2.14. The fourth-order valence-corrected chi connectivity index (χ4v) is 2.24. The molecule has 0 saturated heterocycles. The van der Waals surface area contributed by atoms with E-state index in [2.05, 4.69) is 25.9 Å². The summed E-state index contributed by atoms with van der Waals surface area (Å²) < 4.78 is 6.97. The van der Waals surface area contributed by atoms with Crippen LogP contribution in [0.2, 0.25) is 0 Å². The molecule has 0 unspecified atom stereocenters. The Hall–Kier alpha value is -3.16. The maximum absolute atomic E-state index is 11.9. The van der Waals surface area contributed by atoms with Crippen molar-refractivity contribution in [3.8, 4) is 23.0 Å². The third kappa shape index (κ3) is 4.03. The highest BCUT2D eigenvalue weighted by Gasteiger charge is 2.14. The molecule has 0 radical (unpaired) electrons. The molecule has 8 nitrogen and oxygen atoms in total. The van der Waals surface area contributed by atoms with E-state index in [1.165, 1.54) is 0 Å². The van der Waals surface area contributed by atoms with Crippen molar-refractivity contribution in [3.63, 3.8) is 0 Å². The molecule has 25 heavy (non-hydrogen) atoms. The fourth-order valence-electron chi connectivity index (χ4n) is 2.24. The Bertz CT molecular complexity index is 867. The first-order chi connectivity index (χ1) is 12.0. The average Bonchev–Trinajstić information content (AvgIpc) is 3.22. The molecule has 2 heterocycles. The first-order valence-corrected chi connectivity index (χ1v) is 8.00. The van der Waals surface area contributed by atoms with Crippen LogP contribution in [0.5, 0.6) is 0 Å². The van der Waals surface area contributed by atoms with Crippen molar-refractivity contribution >= 4 is 11.7 Å². The molecule has 1 aromatic carbocycles. The number of carbonyl (C=O) groups is 1. The van der Waals surface area contributed by atoms with Crippen LogP contribution in [0.1, 0.15) is 13.8 Å². The highest BCUT2D eigenvalue weighted by molar-refractivity contribution is 5.89. The van der Waals surface area contributed by atoms with Crippen molar-refractivity contribution in [2.75, 3.05) is 11.9 Å². The summed E-state index contributed by atoms with van der Waals surface area (Å²) in [7, 11) is 1.81. The van der Waals surface area contributed by atoms with Crippen LogP contribution in [0.25, 0.3) is 23.0 Å². The smallest absolute Gasteiger partial charge is 0.319 e. The first kappa shape index (κ1) is 16.7. The van der Waals surface area contributed by atoms with Gasteiger partial charge in [0.05, 0.1) is 0 Å². The van der Waals surface area contributed by atoms with Gasteiger partial charge in [-0.05, 0) is 24.1 Å². The number of hydrogen-bond acceptors (Lipinski definition) is 5. The van der Waals surface area contributed by atoms with Crippen molar-refractivity contribution in [3.05, 3.63) is 36.5 Å². The summed E-state index contributed by atoms with van der Waals surface area (Å²) in [6.45, 7) is 4.69. The molecule has 0 aliphatic rings. The van der Waals surface area contributed by atoms with E-state index in [9.17, 15) is 4.79 Å². The van der Waals surface area contributed by atoms with Gasteiger partial charge in [-0.2, -0.15) is 10.1 Å². The highest BCUT2D eigenvalue weighted by atomic mass is 16.5. The zero-order chi connectivity index (χ0) is 17.8. The van der Waals surface area contributed by atoms with Crippen LogP contribution in [0.15, 0.2) is 41.1 Å². The van der Waals surface area contributed by atoms with Gasteiger partial charge in [0.15, 0.2) is 0 Å². The van der Waals surface area contributed by atoms with Crippen LogP contribution in [-0.2, 0) is 7.05 Å². The number of anilines is 1. The number of carbonyl (C=O) groups excluding carboxylic acids is 1. The molecule has 8 heteroatoms. The Kier molecular flexibility index (Phi) is 4.78. The van der Waals surface area contributed by atoms with E-state index in [-0.39, 0.29) is 6.03 Å². The summed E-state index contributed by atoms with van der Waals surface area (Å²) in [4.78, 5) is 16.3. The van der Waals surface area contributed by atoms with Gasteiger partial charge in [0.1, 0.15) is 5.69 Å². The first-order valence-electron chi connectivity index (χ1n) is 8.00. The molecule has 0 aliphatic carbocycles. The maximum atomic E-state index is 11.9. The summed E-state index contributed by atoms with van der Waals surface area (Å²) in [6.07, 6.45) is 1.67. The number of aryl methyl sites for hydroxylation is 1. The van der Waals surface area contributed by atoms with Gasteiger partial charge in [0.25, 0.3) is 5.89 Å². The lowest BCUT2D eigenvalue weighted by atomic mass is 10.2. The normalized spacial score (nSPS) is 10.9. The monoisotopic (exact) mass is 340 g/mol. The Labute approximate surface area is 145 Å². The van der Waals surface area contributed by atoms with E-state index < -0.39 is 0 Å². The van der Waals surface area contributed by atoms with Crippen LogP contribution in [0.3, 0.4) is 0 Å². The molecule has 0 aliphatic heterocycles. The SMILES string of the molecule is CC(C)CNC(=O)Nc1cccc(-c2noc(-c3ccnn3C)n2)c1. The Morgan fingerprint density at radius 2 is 2.16 bits per heavy atom. The van der Waals surface area contributed by atoms with Crippen molar-refractivity contribution in [2.45, 2.75) is 13.8 Å². The summed E-state index contributed by atoms with van der Waals surface area (Å²) in [6, 6.07) is 8.85. The van der Waals surface area contributed by atoms with Crippen molar-refractivity contribution in [1.82, 2.24) is 25.2 Å². The average molecular weight is 340 g/mol. The predicted molar refractivity (Wildman–Crippen MR) is 93.8 cm³/mol. The lowest BCUT2D eigenvalue weighted by Gasteiger charge is -2.09. The summed E-state index contributed by atoms with van der Waals surface area (Å²) in [5, 5.41) is 13.7. The number of urea groups is 1. The Morgan fingerprint density at radius 3 is 2.88 bits per heavy atom. The summed E-state index contributed by atoms with van der Waals surface area (Å²) in [5.74, 6) is 1.23. The number of rotatable bonds is 5. The molecule has 0 bridgehead atoms. The maximum Gasteiger partial charge on any atom is 0.319 e. The third-order valence-corrected chi connectivity index (χ3v) is 3.52. The molecule has 0 spiro atoms. The third-order valence-electron chi connectivity index (χ3n) is 3.52. The van der Waals surface area contributed by atoms with Gasteiger partial charge in [-0.15, -0.1) is 0 Å². The molecule has 2 amide bonds. The molecule has 0 saturated carbocycles. The van der Waals surface area contributed by atoms with E-state index in [4.69, 9.17) is 4.52 Å². The number of amides is 2. The number of hydrogen-bond donors (Lipinski definition) is 2. The van der Waals surface area contributed by atoms with Gasteiger partial charge in [-0.1, -0.05) is 31.1 Å². The van der Waals surface area contributed by atoms with Crippen LogP contribution >= 0.6 is 0 Å². The van der Waals surface area contributed by atoms with Gasteiger partial charge < -0.3 is 15.2 Å². The number of nitrogens with one attached hydrogen (secondary N) is 2. The van der Waals surface area contributed by atoms with E-state index in [1.807, 2.05) is 26.0 Å². The second-order valence-corrected chi connectivity index (χ2v) is 6.07. The van der Waals surface area contributed by atoms with E-state index in [0.29, 0.717) is 29.9 Å². The van der Waals surface area contributed by atoms with Crippen LogP contribution in [0, 0.1) is 5.92 Å². The minimum atomic E-state index is -0.241. The van der Waals surface area contributed by atoms with Gasteiger partial charge in [-0.3, -0.25) is 4.68 Å². The molecular weight excluding hydrogens is 320 g/mol. The lowest BCUT2D eigenvalue weighted by molar-refractivity contribution is 0.251. The minimum absolute atomic E-state index is 0.241. The highest BCUT2D eigenvalue weighted by Crippen LogP contribution is 2.23. The minimum Gasteiger partial charge on any atom is -0.338 e. The molecule has 0 atom stereocenters. The molecule has 2 aromatic heterocycles. The van der Waals surface area contributed by atoms with Crippen LogP contribution in [0.4, 0.5) is 10.5 Å². The molecule has 3 rings (SSSR count). The summed E-state index contributed by atoms with van der Waals surface area (Å²) >= 11 is 0. The Morgan fingerprint density at radius 1 is 1.32 bits per heavy atom. The molecule has 0 fully saturated rings. The second kappa shape index (κ2) is 7.16. The predicted octanol–water partition coefficient (Wildman–Crippen LogP) is 2.91. The molecule has 130 valence electrons. The van der Waals surface area contributed by atoms with Crippen molar-refractivity contribution in [1.29, 1.82) is 0 Å². The van der Waals surface area contributed by atoms with E-state index >= 15 is 0 Å². The van der Waals surface area contributed by atoms with Crippen molar-refractivity contribution < 1.29 is 9.32 Å². The van der Waals surface area contributed by atoms with Gasteiger partial charge >= 0.3 is 6.03 Å². The van der Waals surface area contributed by atoms with Crippen molar-refractivity contribution in [2.24, 2.45) is 13.0 Å². The number of nitrogens with zero attached hydrogens (tertiary/aromatic N) is 4. The largest absolute Gasteiger partial charge is 0.338 e. The van der Waals surface area contributed by atoms with E-state index in [1.54, 1.807) is 36.1 Å². The number of benzene rings is 1. The van der Waals surface area contributed by atoms with Crippen LogP contribution < -0.4 is 10.6 Å². The van der Waals surface area contributed by atoms with Gasteiger partial charge in [0.2, 0.25) is 5.82 Å². The zero-order valence-electron chi connectivity index (χ0n) is 14.4. The van der Waals surface area contributed by atoms with Gasteiger partial charge in [-0.25, -0.2) is 4.79 Å². The standard InChI is InChI=1S/C17H20N6O2/c1-11(2)10-18-17(24)20-13-6-4-5-12(9-13)15-21-16(25-22-15)14-7-8-19-23(14)3/h4-9,11H,10H2,1-3H3,(H2,18,20,24). The fraction of sp³-hybridized carbons (Fsp3) is 0.294. The Balaban J connectivity index is 1.75. The van der Waals surface area contributed by atoms with Gasteiger partial charge in [0, 0.05) is 31.0 Å². The number of aromatic nitrogens is 4. The quantitative estimate of drug-likeness (QED) is 0.744. The zero-order valence-corrected chi connectivity index (χ0v) is 14.4. The second-order valence-electron chi connectivity index (χ2n) is 6.07. The molecular formula is C17H20N6O2. The van der Waals surface area contributed by atoms with E-state index in [0.717, 1.165) is 11.3 Å².